The van der Waals surface area contributed by atoms with Crippen molar-refractivity contribution in [3.05, 3.63) is 53.6 Å². The summed E-state index contributed by atoms with van der Waals surface area (Å²) in [6.07, 6.45) is 5.05. The largest absolute Gasteiger partial charge is 0.348 e. The van der Waals surface area contributed by atoms with Gasteiger partial charge in [-0.25, -0.2) is 9.98 Å². The van der Waals surface area contributed by atoms with E-state index in [4.69, 9.17) is 0 Å². The zero-order chi connectivity index (χ0) is 17.2. The molecule has 0 radical (unpaired) electrons. The summed E-state index contributed by atoms with van der Waals surface area (Å²) in [5.74, 6) is 7.20. The van der Waals surface area contributed by atoms with Gasteiger partial charge in [0.15, 0.2) is 11.6 Å². The first-order valence-corrected chi connectivity index (χ1v) is 8.48. The van der Waals surface area contributed by atoms with Crippen LogP contribution in [0.4, 0.5) is 5.69 Å². The molecule has 1 fully saturated rings. The number of hydrogen-bond acceptors (Lipinski definition) is 5. The van der Waals surface area contributed by atoms with Crippen LogP contribution in [0.3, 0.4) is 0 Å². The van der Waals surface area contributed by atoms with Crippen LogP contribution in [-0.2, 0) is 11.3 Å². The maximum absolute atomic E-state index is 12.4. The van der Waals surface area contributed by atoms with Gasteiger partial charge in [0.05, 0.1) is 17.9 Å². The molecule has 0 aliphatic carbocycles. The Kier molecular flexibility index (Phi) is 4.02. The second-order valence-electron chi connectivity index (χ2n) is 6.53. The van der Waals surface area contributed by atoms with Gasteiger partial charge in [0.25, 0.3) is 0 Å². The molecule has 2 aliphatic heterocycles. The van der Waals surface area contributed by atoms with Crippen LogP contribution in [0.2, 0.25) is 0 Å². The number of aliphatic imine (C=N–C) groups is 1. The smallest absolute Gasteiger partial charge is 0.198 e. The molecular weight excluding hydrogens is 312 g/mol. The zero-order valence-corrected chi connectivity index (χ0v) is 14.1. The number of amidine groups is 1. The van der Waals surface area contributed by atoms with Crippen LogP contribution >= 0.6 is 0 Å². The highest BCUT2D eigenvalue weighted by molar-refractivity contribution is 6.39. The van der Waals surface area contributed by atoms with Crippen molar-refractivity contribution < 1.29 is 4.79 Å². The lowest BCUT2D eigenvalue weighted by molar-refractivity contribution is -0.114. The number of fused-ring (bicyclic) bond motifs is 2. The SMILES string of the molecule is C[C@@H]1CCN2Cc3ncc(C#Cc4ccccn4)cc3N=C2C(=O)C1. The van der Waals surface area contributed by atoms with E-state index in [-0.39, 0.29) is 5.78 Å². The molecule has 1 saturated heterocycles. The van der Waals surface area contributed by atoms with Gasteiger partial charge in [0, 0.05) is 30.9 Å². The van der Waals surface area contributed by atoms with E-state index < -0.39 is 0 Å². The number of carbonyl (C=O) groups excluding carboxylic acids is 1. The van der Waals surface area contributed by atoms with Crippen molar-refractivity contribution in [1.29, 1.82) is 0 Å². The van der Waals surface area contributed by atoms with Gasteiger partial charge in [-0.05, 0) is 36.5 Å². The second kappa shape index (κ2) is 6.48. The predicted octanol–water partition coefficient (Wildman–Crippen LogP) is 2.72. The third-order valence-corrected chi connectivity index (χ3v) is 4.49. The summed E-state index contributed by atoms with van der Waals surface area (Å²) < 4.78 is 0. The maximum Gasteiger partial charge on any atom is 0.198 e. The van der Waals surface area contributed by atoms with Gasteiger partial charge in [0.2, 0.25) is 0 Å². The summed E-state index contributed by atoms with van der Waals surface area (Å²) in [7, 11) is 0. The second-order valence-corrected chi connectivity index (χ2v) is 6.53. The third kappa shape index (κ3) is 3.29. The minimum absolute atomic E-state index is 0.126. The van der Waals surface area contributed by atoms with Crippen LogP contribution in [-0.4, -0.2) is 33.0 Å². The molecular formula is C20H18N4O. The fraction of sp³-hybridized carbons (Fsp3) is 0.300. The molecule has 4 heterocycles. The molecule has 4 rings (SSSR count). The number of carbonyl (C=O) groups is 1. The quantitative estimate of drug-likeness (QED) is 0.697. The zero-order valence-electron chi connectivity index (χ0n) is 14.1. The number of Topliss-reactive ketones (excluding diaryl/α,β-unsaturated/α-hetero) is 1. The summed E-state index contributed by atoms with van der Waals surface area (Å²) in [6, 6.07) is 7.53. The van der Waals surface area contributed by atoms with Crippen molar-refractivity contribution >= 4 is 17.3 Å². The summed E-state index contributed by atoms with van der Waals surface area (Å²) in [5, 5.41) is 0. The summed E-state index contributed by atoms with van der Waals surface area (Å²) in [4.78, 5) is 27.8. The fourth-order valence-electron chi connectivity index (χ4n) is 3.09. The first-order valence-electron chi connectivity index (χ1n) is 8.48. The number of nitrogens with zero attached hydrogens (tertiary/aromatic N) is 4. The highest BCUT2D eigenvalue weighted by atomic mass is 16.1. The Balaban J connectivity index is 1.66. The molecule has 2 aromatic heterocycles. The molecule has 0 N–H and O–H groups in total. The average Bonchev–Trinajstić information content (AvgIpc) is 2.77. The fourth-order valence-corrected chi connectivity index (χ4v) is 3.09. The van der Waals surface area contributed by atoms with E-state index in [0.29, 0.717) is 30.4 Å². The average molecular weight is 330 g/mol. The molecule has 1 atom stereocenters. The van der Waals surface area contributed by atoms with E-state index in [1.807, 2.05) is 24.3 Å². The highest BCUT2D eigenvalue weighted by Crippen LogP contribution is 2.28. The minimum atomic E-state index is 0.126. The molecule has 2 aromatic rings. The van der Waals surface area contributed by atoms with Crippen molar-refractivity contribution in [2.45, 2.75) is 26.3 Å². The number of rotatable bonds is 0. The molecule has 124 valence electrons. The molecule has 0 aromatic carbocycles. The van der Waals surface area contributed by atoms with Crippen LogP contribution in [0.25, 0.3) is 0 Å². The van der Waals surface area contributed by atoms with Crippen molar-refractivity contribution in [3.63, 3.8) is 0 Å². The molecule has 0 unspecified atom stereocenters. The van der Waals surface area contributed by atoms with Gasteiger partial charge >= 0.3 is 0 Å². The van der Waals surface area contributed by atoms with E-state index in [9.17, 15) is 4.79 Å². The van der Waals surface area contributed by atoms with Crippen LogP contribution in [0.15, 0.2) is 41.7 Å². The van der Waals surface area contributed by atoms with Crippen LogP contribution in [0, 0.1) is 17.8 Å². The first-order chi connectivity index (χ1) is 12.2. The van der Waals surface area contributed by atoms with Crippen molar-refractivity contribution in [2.75, 3.05) is 6.54 Å². The minimum Gasteiger partial charge on any atom is -0.348 e. The Morgan fingerprint density at radius 2 is 2.16 bits per heavy atom. The lowest BCUT2D eigenvalue weighted by Crippen LogP contribution is -2.37. The van der Waals surface area contributed by atoms with Gasteiger partial charge in [0.1, 0.15) is 5.69 Å². The summed E-state index contributed by atoms with van der Waals surface area (Å²) >= 11 is 0. The Hall–Kier alpha value is -3.00. The van der Waals surface area contributed by atoms with Crippen molar-refractivity contribution in [1.82, 2.24) is 14.9 Å². The van der Waals surface area contributed by atoms with Crippen LogP contribution in [0.5, 0.6) is 0 Å². The van der Waals surface area contributed by atoms with Crippen molar-refractivity contribution in [2.24, 2.45) is 10.9 Å². The van der Waals surface area contributed by atoms with E-state index in [1.165, 1.54) is 0 Å². The van der Waals surface area contributed by atoms with E-state index in [0.717, 1.165) is 29.9 Å². The van der Waals surface area contributed by atoms with E-state index >= 15 is 0 Å². The number of ketones is 1. The predicted molar refractivity (Wildman–Crippen MR) is 95.4 cm³/mol. The number of pyridine rings is 2. The topological polar surface area (TPSA) is 58.5 Å². The van der Waals surface area contributed by atoms with E-state index in [2.05, 4.69) is 38.6 Å². The molecule has 0 saturated carbocycles. The monoisotopic (exact) mass is 330 g/mol. The standard InChI is InChI=1S/C20H18N4O/c1-14-7-9-24-13-18-17(23-20(24)19(25)10-14)11-15(12-22-18)5-6-16-4-2-3-8-21-16/h2-4,8,11-12,14H,7,9-10,13H2,1H3/t14-/m1/s1. The first kappa shape index (κ1) is 15.5. The molecule has 25 heavy (non-hydrogen) atoms. The Bertz CT molecular complexity index is 908. The highest BCUT2D eigenvalue weighted by Gasteiger charge is 2.29. The van der Waals surface area contributed by atoms with Crippen LogP contribution in [0.1, 0.15) is 36.7 Å². The lowest BCUT2D eigenvalue weighted by atomic mass is 10.0. The molecule has 0 amide bonds. The Labute approximate surface area is 146 Å². The van der Waals surface area contributed by atoms with Crippen LogP contribution < -0.4 is 0 Å². The number of aromatic nitrogens is 2. The van der Waals surface area contributed by atoms with Gasteiger partial charge < -0.3 is 4.90 Å². The van der Waals surface area contributed by atoms with Gasteiger partial charge in [-0.15, -0.1) is 0 Å². The van der Waals surface area contributed by atoms with E-state index in [1.54, 1.807) is 12.4 Å². The number of hydrogen-bond donors (Lipinski definition) is 0. The summed E-state index contributed by atoms with van der Waals surface area (Å²) in [5.41, 5.74) is 3.14. The van der Waals surface area contributed by atoms with Gasteiger partial charge in [-0.3, -0.25) is 9.78 Å². The Morgan fingerprint density at radius 3 is 3.00 bits per heavy atom. The maximum atomic E-state index is 12.4. The van der Waals surface area contributed by atoms with Gasteiger partial charge in [-0.2, -0.15) is 0 Å². The summed E-state index contributed by atoms with van der Waals surface area (Å²) in [6.45, 7) is 3.61. The van der Waals surface area contributed by atoms with Gasteiger partial charge in [-0.1, -0.05) is 18.9 Å². The normalized spacial score (nSPS) is 19.1. The molecule has 0 spiro atoms. The molecule has 2 aliphatic rings. The van der Waals surface area contributed by atoms with Crippen molar-refractivity contribution in [3.8, 4) is 11.8 Å². The molecule has 5 nitrogen and oxygen atoms in total. The Morgan fingerprint density at radius 1 is 1.24 bits per heavy atom. The molecule has 0 bridgehead atoms. The molecule has 5 heteroatoms. The third-order valence-electron chi connectivity index (χ3n) is 4.49. The lowest BCUT2D eigenvalue weighted by Gasteiger charge is -2.27.